The van der Waals surface area contributed by atoms with Crippen LogP contribution in [0.25, 0.3) is 11.4 Å². The van der Waals surface area contributed by atoms with E-state index >= 15 is 0 Å². The lowest BCUT2D eigenvalue weighted by molar-refractivity contribution is -0.113. The molecule has 5 rings (SSSR count). The van der Waals surface area contributed by atoms with Crippen LogP contribution in [0.2, 0.25) is 0 Å². The summed E-state index contributed by atoms with van der Waals surface area (Å²) in [6.07, 6.45) is 0. The van der Waals surface area contributed by atoms with Crippen molar-refractivity contribution >= 4 is 23.2 Å². The van der Waals surface area contributed by atoms with E-state index < -0.39 is 6.04 Å². The summed E-state index contributed by atoms with van der Waals surface area (Å²) in [5, 5.41) is 11.3. The van der Waals surface area contributed by atoms with E-state index in [0.29, 0.717) is 46.8 Å². The summed E-state index contributed by atoms with van der Waals surface area (Å²) in [5.41, 5.74) is 4.79. The minimum absolute atomic E-state index is 0.231. The molecule has 0 saturated carbocycles. The lowest BCUT2D eigenvalue weighted by Gasteiger charge is -2.29. The predicted molar refractivity (Wildman–Crippen MR) is 163 cm³/mol. The van der Waals surface area contributed by atoms with Gasteiger partial charge in [-0.3, -0.25) is 4.79 Å². The number of aromatic nitrogens is 3. The highest BCUT2D eigenvalue weighted by molar-refractivity contribution is 6.06. The van der Waals surface area contributed by atoms with Crippen LogP contribution in [-0.2, 0) is 4.79 Å². The molecule has 3 aromatic carbocycles. The van der Waals surface area contributed by atoms with Crippen molar-refractivity contribution in [2.45, 2.75) is 33.7 Å². The number of para-hydroxylation sites is 1. The second-order valence-electron chi connectivity index (χ2n) is 9.65. The van der Waals surface area contributed by atoms with Crippen LogP contribution in [0.1, 0.15) is 39.3 Å². The summed E-state index contributed by atoms with van der Waals surface area (Å²) in [4.78, 5) is 20.9. The normalized spacial score (nSPS) is 14.2. The number of fused-ring (bicyclic) bond motifs is 1. The van der Waals surface area contributed by atoms with Gasteiger partial charge in [0.05, 0.1) is 19.3 Å². The monoisotopic (exact) mass is 552 g/mol. The first-order chi connectivity index (χ1) is 20.0. The molecular formula is C32H36N6O3. The van der Waals surface area contributed by atoms with E-state index in [1.54, 1.807) is 11.8 Å². The zero-order valence-electron chi connectivity index (χ0n) is 24.1. The van der Waals surface area contributed by atoms with Crippen LogP contribution >= 0.6 is 0 Å². The highest BCUT2D eigenvalue weighted by Crippen LogP contribution is 2.40. The van der Waals surface area contributed by atoms with Gasteiger partial charge in [-0.05, 0) is 81.8 Å². The number of benzene rings is 3. The summed E-state index contributed by atoms with van der Waals surface area (Å²) in [5.74, 6) is 2.11. The Bertz CT molecular complexity index is 1540. The third-order valence-electron chi connectivity index (χ3n) is 7.19. The van der Waals surface area contributed by atoms with Gasteiger partial charge in [-0.15, -0.1) is 5.10 Å². The van der Waals surface area contributed by atoms with Crippen molar-refractivity contribution in [1.82, 2.24) is 14.8 Å². The largest absolute Gasteiger partial charge is 0.493 e. The minimum atomic E-state index is -0.560. The maximum absolute atomic E-state index is 13.8. The first-order valence-corrected chi connectivity index (χ1v) is 13.9. The average molecular weight is 553 g/mol. The minimum Gasteiger partial charge on any atom is -0.493 e. The molecule has 1 aromatic heterocycles. The van der Waals surface area contributed by atoms with E-state index in [4.69, 9.17) is 19.6 Å². The molecule has 1 aliphatic heterocycles. The molecule has 2 N–H and O–H groups in total. The first kappa shape index (κ1) is 27.8. The Morgan fingerprint density at radius 1 is 1.00 bits per heavy atom. The summed E-state index contributed by atoms with van der Waals surface area (Å²) < 4.78 is 13.2. The SMILES string of the molecule is CCOc1ccc(C2C(C(=O)Nc3ccccc3)=C(C)Nc3nc(-c4ccc(N(CC)CC)cc4)nn32)cc1OC. The molecule has 0 saturated heterocycles. The maximum Gasteiger partial charge on any atom is 0.255 e. The molecule has 41 heavy (non-hydrogen) atoms. The summed E-state index contributed by atoms with van der Waals surface area (Å²) >= 11 is 0. The summed E-state index contributed by atoms with van der Waals surface area (Å²) in [6, 6.07) is 22.8. The Labute approximate surface area is 240 Å². The Morgan fingerprint density at radius 2 is 1.73 bits per heavy atom. The third-order valence-corrected chi connectivity index (χ3v) is 7.19. The van der Waals surface area contributed by atoms with E-state index in [2.05, 4.69) is 41.5 Å². The molecule has 1 unspecified atom stereocenters. The zero-order chi connectivity index (χ0) is 28.9. The van der Waals surface area contributed by atoms with Crippen LogP contribution in [0, 0.1) is 0 Å². The second kappa shape index (κ2) is 12.2. The van der Waals surface area contributed by atoms with Crippen molar-refractivity contribution in [2.24, 2.45) is 0 Å². The summed E-state index contributed by atoms with van der Waals surface area (Å²) in [7, 11) is 1.61. The fraction of sp³-hybridized carbons (Fsp3) is 0.281. The lowest BCUT2D eigenvalue weighted by Crippen LogP contribution is -2.31. The van der Waals surface area contributed by atoms with Crippen LogP contribution in [-0.4, -0.2) is 47.5 Å². The van der Waals surface area contributed by atoms with Crippen LogP contribution < -0.4 is 25.0 Å². The topological polar surface area (TPSA) is 93.5 Å². The van der Waals surface area contributed by atoms with Crippen molar-refractivity contribution in [3.8, 4) is 22.9 Å². The van der Waals surface area contributed by atoms with E-state index in [0.717, 1.165) is 29.9 Å². The molecule has 9 nitrogen and oxygen atoms in total. The molecule has 1 amide bonds. The second-order valence-corrected chi connectivity index (χ2v) is 9.65. The number of nitrogens with one attached hydrogen (secondary N) is 2. The highest BCUT2D eigenvalue weighted by Gasteiger charge is 2.35. The fourth-order valence-electron chi connectivity index (χ4n) is 5.13. The number of amides is 1. The molecule has 1 aliphatic rings. The zero-order valence-corrected chi connectivity index (χ0v) is 24.1. The van der Waals surface area contributed by atoms with Gasteiger partial charge in [-0.2, -0.15) is 4.98 Å². The van der Waals surface area contributed by atoms with E-state index in [-0.39, 0.29) is 5.91 Å². The molecule has 9 heteroatoms. The Kier molecular flexibility index (Phi) is 8.24. The van der Waals surface area contributed by atoms with Crippen molar-refractivity contribution in [3.05, 3.63) is 89.6 Å². The van der Waals surface area contributed by atoms with E-state index in [9.17, 15) is 4.79 Å². The number of ether oxygens (including phenoxy) is 2. The third kappa shape index (κ3) is 5.61. The van der Waals surface area contributed by atoms with Crippen molar-refractivity contribution in [3.63, 3.8) is 0 Å². The molecule has 0 bridgehead atoms. The van der Waals surface area contributed by atoms with Crippen LogP contribution in [0.15, 0.2) is 84.1 Å². The number of carbonyl (C=O) groups is 1. The van der Waals surface area contributed by atoms with E-state index in [1.165, 1.54) is 0 Å². The van der Waals surface area contributed by atoms with Gasteiger partial charge in [0.25, 0.3) is 5.91 Å². The average Bonchev–Trinajstić information content (AvgIpc) is 3.42. The van der Waals surface area contributed by atoms with Crippen LogP contribution in [0.4, 0.5) is 17.3 Å². The van der Waals surface area contributed by atoms with Crippen LogP contribution in [0.3, 0.4) is 0 Å². The van der Waals surface area contributed by atoms with Crippen LogP contribution in [0.5, 0.6) is 11.5 Å². The van der Waals surface area contributed by atoms with Gasteiger partial charge in [0.1, 0.15) is 6.04 Å². The predicted octanol–water partition coefficient (Wildman–Crippen LogP) is 6.13. The number of allylic oxidation sites excluding steroid dienone is 1. The molecule has 212 valence electrons. The first-order valence-electron chi connectivity index (χ1n) is 13.9. The van der Waals surface area contributed by atoms with Gasteiger partial charge >= 0.3 is 0 Å². The van der Waals surface area contributed by atoms with Gasteiger partial charge < -0.3 is 25.0 Å². The number of nitrogens with zero attached hydrogens (tertiary/aromatic N) is 4. The molecule has 4 aromatic rings. The van der Waals surface area contributed by atoms with Gasteiger partial charge in [0, 0.05) is 35.7 Å². The Morgan fingerprint density at radius 3 is 2.39 bits per heavy atom. The molecule has 1 atom stereocenters. The number of methoxy groups -OCH3 is 1. The smallest absolute Gasteiger partial charge is 0.255 e. The van der Waals surface area contributed by atoms with Gasteiger partial charge in [-0.1, -0.05) is 24.3 Å². The maximum atomic E-state index is 13.8. The van der Waals surface area contributed by atoms with Crippen molar-refractivity contribution < 1.29 is 14.3 Å². The molecule has 2 heterocycles. The van der Waals surface area contributed by atoms with Gasteiger partial charge in [0.15, 0.2) is 17.3 Å². The van der Waals surface area contributed by atoms with Gasteiger partial charge in [-0.25, -0.2) is 4.68 Å². The lowest BCUT2D eigenvalue weighted by atomic mass is 9.94. The van der Waals surface area contributed by atoms with Crippen molar-refractivity contribution in [1.29, 1.82) is 0 Å². The molecule has 0 aliphatic carbocycles. The highest BCUT2D eigenvalue weighted by atomic mass is 16.5. The molecule has 0 fully saturated rings. The molecule has 0 spiro atoms. The number of hydrogen-bond acceptors (Lipinski definition) is 7. The number of anilines is 3. The molecular weight excluding hydrogens is 516 g/mol. The Balaban J connectivity index is 1.58. The number of rotatable bonds is 10. The van der Waals surface area contributed by atoms with Gasteiger partial charge in [0.2, 0.25) is 5.95 Å². The summed E-state index contributed by atoms with van der Waals surface area (Å²) in [6.45, 7) is 10.5. The Hall–Kier alpha value is -4.79. The van der Waals surface area contributed by atoms with Crippen molar-refractivity contribution in [2.75, 3.05) is 42.3 Å². The number of hydrogen-bond donors (Lipinski definition) is 2. The quantitative estimate of drug-likeness (QED) is 0.245. The standard InChI is InChI=1S/C32H36N6O3/c1-6-37(7-2)25-17-14-22(15-18-25)30-35-32-33-21(4)28(31(39)34-24-12-10-9-11-13-24)29(38(32)36-30)23-16-19-26(41-8-3)27(20-23)40-5/h9-20,29H,6-8H2,1-5H3,(H,34,39)(H,33,35,36). The molecule has 0 radical (unpaired) electrons. The van der Waals surface area contributed by atoms with E-state index in [1.807, 2.05) is 74.5 Å². The fourth-order valence-corrected chi connectivity index (χ4v) is 5.13. The number of carbonyl (C=O) groups excluding carboxylic acids is 1.